The Morgan fingerprint density at radius 3 is 2.38 bits per heavy atom. The zero-order valence-electron chi connectivity index (χ0n) is 13.3. The van der Waals surface area contributed by atoms with E-state index in [0.29, 0.717) is 32.4 Å². The molecule has 0 aromatic carbocycles. The molecule has 0 spiro atoms. The first kappa shape index (κ1) is 17.9. The van der Waals surface area contributed by atoms with E-state index >= 15 is 0 Å². The van der Waals surface area contributed by atoms with E-state index in [1.165, 1.54) is 0 Å². The molecule has 1 aliphatic rings. The molecule has 0 aliphatic carbocycles. The van der Waals surface area contributed by atoms with Crippen molar-refractivity contribution in [3.8, 4) is 0 Å². The van der Waals surface area contributed by atoms with Crippen molar-refractivity contribution in [3.05, 3.63) is 0 Å². The van der Waals surface area contributed by atoms with Crippen LogP contribution in [0, 0.1) is 0 Å². The molecule has 1 heterocycles. The lowest BCUT2D eigenvalue weighted by Crippen LogP contribution is -2.47. The van der Waals surface area contributed by atoms with Gasteiger partial charge in [-0.2, -0.15) is 0 Å². The Morgan fingerprint density at radius 2 is 1.71 bits per heavy atom. The van der Waals surface area contributed by atoms with Gasteiger partial charge in [0.2, 0.25) is 11.8 Å². The van der Waals surface area contributed by atoms with Crippen LogP contribution in [0.15, 0.2) is 0 Å². The lowest BCUT2D eigenvalue weighted by atomic mass is 10.2. The lowest BCUT2D eigenvalue weighted by Gasteiger charge is -2.32. The predicted molar refractivity (Wildman–Crippen MR) is 83.8 cm³/mol. The lowest BCUT2D eigenvalue weighted by molar-refractivity contribution is -0.133. The number of nitrogens with zero attached hydrogens (tertiary/aromatic N) is 2. The minimum Gasteiger partial charge on any atom is -0.356 e. The molecule has 1 fully saturated rings. The highest BCUT2D eigenvalue weighted by Crippen LogP contribution is 2.05. The highest BCUT2D eigenvalue weighted by Gasteiger charge is 2.18. The summed E-state index contributed by atoms with van der Waals surface area (Å²) in [6.07, 6.45) is 4.59. The summed E-state index contributed by atoms with van der Waals surface area (Å²) in [6.45, 7) is 4.92. The molecular weight excluding hydrogens is 268 g/mol. The van der Waals surface area contributed by atoms with Gasteiger partial charge in [0.15, 0.2) is 0 Å². The number of carbonyl (C=O) groups excluding carboxylic acids is 2. The van der Waals surface area contributed by atoms with Crippen molar-refractivity contribution in [1.29, 1.82) is 0 Å². The molecule has 6 nitrogen and oxygen atoms in total. The van der Waals surface area contributed by atoms with Crippen LogP contribution >= 0.6 is 0 Å². The molecule has 0 unspecified atom stereocenters. The van der Waals surface area contributed by atoms with Crippen LogP contribution in [0.3, 0.4) is 0 Å². The zero-order chi connectivity index (χ0) is 15.5. The minimum absolute atomic E-state index is 0.0499. The monoisotopic (exact) mass is 298 g/mol. The second-order valence-corrected chi connectivity index (χ2v) is 5.74. The molecule has 122 valence electrons. The topological polar surface area (TPSA) is 78.7 Å². The maximum atomic E-state index is 12.0. The number of nitrogens with one attached hydrogen (secondary N) is 1. The minimum atomic E-state index is 0.0499. The maximum absolute atomic E-state index is 12.0. The third kappa shape index (κ3) is 8.02. The molecule has 0 saturated carbocycles. The molecule has 21 heavy (non-hydrogen) atoms. The van der Waals surface area contributed by atoms with Crippen molar-refractivity contribution in [1.82, 2.24) is 15.1 Å². The fraction of sp³-hybridized carbons (Fsp3) is 0.867. The number of likely N-dealkylation sites (N-methyl/N-ethyl adjacent to an activating group) is 1. The molecule has 1 rings (SSSR count). The van der Waals surface area contributed by atoms with E-state index < -0.39 is 0 Å². The number of unbranched alkanes of at least 4 members (excludes halogenated alkanes) is 2. The molecule has 1 aliphatic heterocycles. The molecular formula is C15H30N4O2. The van der Waals surface area contributed by atoms with Crippen molar-refractivity contribution in [2.24, 2.45) is 5.73 Å². The van der Waals surface area contributed by atoms with Crippen LogP contribution in [0.5, 0.6) is 0 Å². The summed E-state index contributed by atoms with van der Waals surface area (Å²) in [5.41, 5.74) is 5.41. The SMILES string of the molecule is CN1CCN(C(=O)CCCC(=O)NCCCCCN)CC1. The van der Waals surface area contributed by atoms with Gasteiger partial charge in [0.05, 0.1) is 0 Å². The van der Waals surface area contributed by atoms with E-state index in [1.54, 1.807) is 0 Å². The summed E-state index contributed by atoms with van der Waals surface area (Å²) < 4.78 is 0. The fourth-order valence-electron chi connectivity index (χ4n) is 2.38. The first-order valence-electron chi connectivity index (χ1n) is 8.06. The predicted octanol–water partition coefficient (Wildman–Crippen LogP) is 0.176. The van der Waals surface area contributed by atoms with Crippen molar-refractivity contribution < 1.29 is 9.59 Å². The Kier molecular flexibility index (Phi) is 9.01. The smallest absolute Gasteiger partial charge is 0.222 e. The van der Waals surface area contributed by atoms with E-state index in [0.717, 1.165) is 45.4 Å². The van der Waals surface area contributed by atoms with Crippen LogP contribution in [0.2, 0.25) is 0 Å². The van der Waals surface area contributed by atoms with Crippen LogP contribution in [-0.4, -0.2) is 67.9 Å². The zero-order valence-corrected chi connectivity index (χ0v) is 13.3. The molecule has 3 N–H and O–H groups in total. The number of amides is 2. The van der Waals surface area contributed by atoms with Crippen molar-refractivity contribution >= 4 is 11.8 Å². The average Bonchev–Trinajstić information content (AvgIpc) is 2.47. The Hall–Kier alpha value is -1.14. The highest BCUT2D eigenvalue weighted by molar-refractivity contribution is 5.79. The Bertz CT molecular complexity index is 315. The van der Waals surface area contributed by atoms with Crippen molar-refractivity contribution in [2.75, 3.05) is 46.3 Å². The van der Waals surface area contributed by atoms with Crippen LogP contribution in [0.1, 0.15) is 38.5 Å². The Balaban J connectivity index is 2.02. The number of rotatable bonds is 9. The number of piperazine rings is 1. The van der Waals surface area contributed by atoms with Crippen molar-refractivity contribution in [2.45, 2.75) is 38.5 Å². The molecule has 0 atom stereocenters. The van der Waals surface area contributed by atoms with Gasteiger partial charge in [-0.3, -0.25) is 9.59 Å². The van der Waals surface area contributed by atoms with Gasteiger partial charge >= 0.3 is 0 Å². The average molecular weight is 298 g/mol. The highest BCUT2D eigenvalue weighted by atomic mass is 16.2. The summed E-state index contributed by atoms with van der Waals surface area (Å²) >= 11 is 0. The first-order chi connectivity index (χ1) is 10.1. The van der Waals surface area contributed by atoms with E-state index in [-0.39, 0.29) is 11.8 Å². The second-order valence-electron chi connectivity index (χ2n) is 5.74. The van der Waals surface area contributed by atoms with Crippen LogP contribution in [0.4, 0.5) is 0 Å². The summed E-state index contributed by atoms with van der Waals surface area (Å²) in [5, 5.41) is 2.89. The first-order valence-corrected chi connectivity index (χ1v) is 8.06. The van der Waals surface area contributed by atoms with Gasteiger partial charge < -0.3 is 20.9 Å². The van der Waals surface area contributed by atoms with Gasteiger partial charge in [-0.1, -0.05) is 6.42 Å². The Morgan fingerprint density at radius 1 is 1.00 bits per heavy atom. The van der Waals surface area contributed by atoms with E-state index in [4.69, 9.17) is 5.73 Å². The third-order valence-electron chi connectivity index (χ3n) is 3.85. The van der Waals surface area contributed by atoms with Gasteiger partial charge in [-0.05, 0) is 32.9 Å². The van der Waals surface area contributed by atoms with Crippen LogP contribution < -0.4 is 11.1 Å². The maximum Gasteiger partial charge on any atom is 0.222 e. The summed E-state index contributed by atoms with van der Waals surface area (Å²) in [5.74, 6) is 0.229. The molecule has 1 saturated heterocycles. The Labute approximate surface area is 128 Å². The largest absolute Gasteiger partial charge is 0.356 e. The number of hydrogen-bond acceptors (Lipinski definition) is 4. The summed E-state index contributed by atoms with van der Waals surface area (Å²) in [4.78, 5) is 27.7. The van der Waals surface area contributed by atoms with Gasteiger partial charge in [0.1, 0.15) is 0 Å². The molecule has 0 aromatic heterocycles. The van der Waals surface area contributed by atoms with Gasteiger partial charge in [0.25, 0.3) is 0 Å². The summed E-state index contributed by atoms with van der Waals surface area (Å²) in [7, 11) is 2.07. The molecule has 0 aromatic rings. The second kappa shape index (κ2) is 10.6. The molecule has 0 radical (unpaired) electrons. The van der Waals surface area contributed by atoms with Crippen molar-refractivity contribution in [3.63, 3.8) is 0 Å². The van der Waals surface area contributed by atoms with E-state index in [9.17, 15) is 9.59 Å². The number of nitrogens with two attached hydrogens (primary N) is 1. The van der Waals surface area contributed by atoms with E-state index in [1.807, 2.05) is 4.90 Å². The van der Waals surface area contributed by atoms with Gasteiger partial charge in [0, 0.05) is 45.6 Å². The van der Waals surface area contributed by atoms with E-state index in [2.05, 4.69) is 17.3 Å². The van der Waals surface area contributed by atoms with Crippen LogP contribution in [0.25, 0.3) is 0 Å². The van der Waals surface area contributed by atoms with Gasteiger partial charge in [-0.25, -0.2) is 0 Å². The van der Waals surface area contributed by atoms with Gasteiger partial charge in [-0.15, -0.1) is 0 Å². The van der Waals surface area contributed by atoms with Crippen LogP contribution in [-0.2, 0) is 9.59 Å². The fourth-order valence-corrected chi connectivity index (χ4v) is 2.38. The standard InChI is InChI=1S/C15H30N4O2/c1-18-10-12-19(13-11-18)15(21)7-5-6-14(20)17-9-4-2-3-8-16/h2-13,16H2,1H3,(H,17,20). The number of carbonyl (C=O) groups is 2. The quantitative estimate of drug-likeness (QED) is 0.595. The summed E-state index contributed by atoms with van der Waals surface area (Å²) in [6, 6.07) is 0. The molecule has 6 heteroatoms. The number of hydrogen-bond donors (Lipinski definition) is 2. The third-order valence-corrected chi connectivity index (χ3v) is 3.85. The normalized spacial score (nSPS) is 16.0. The molecule has 0 bridgehead atoms. The molecule has 2 amide bonds.